The van der Waals surface area contributed by atoms with E-state index in [1.165, 1.54) is 28.0 Å². The minimum absolute atomic E-state index is 0.235. The molecule has 2 aliphatic rings. The van der Waals surface area contributed by atoms with E-state index in [0.717, 1.165) is 42.9 Å². The number of nitrogens with zero attached hydrogens (tertiary/aromatic N) is 2. The van der Waals surface area contributed by atoms with E-state index in [-0.39, 0.29) is 6.04 Å². The number of hydrogen-bond donors (Lipinski definition) is 1. The topological polar surface area (TPSA) is 32.5 Å². The summed E-state index contributed by atoms with van der Waals surface area (Å²) >= 11 is 0. The number of piperidine rings is 1. The van der Waals surface area contributed by atoms with E-state index in [1.807, 2.05) is 13.8 Å². The molecule has 2 aliphatic heterocycles. The Morgan fingerprint density at radius 2 is 1.84 bits per heavy atom. The van der Waals surface area contributed by atoms with Crippen molar-refractivity contribution >= 4 is 6.08 Å². The van der Waals surface area contributed by atoms with E-state index in [4.69, 9.17) is 5.73 Å². The molecule has 3 heteroatoms. The van der Waals surface area contributed by atoms with Crippen LogP contribution in [0.4, 0.5) is 0 Å². The molecule has 172 valence electrons. The molecule has 0 radical (unpaired) electrons. The van der Waals surface area contributed by atoms with Crippen LogP contribution in [0.25, 0.3) is 6.08 Å². The third-order valence-electron chi connectivity index (χ3n) is 6.26. The van der Waals surface area contributed by atoms with Gasteiger partial charge in [0.1, 0.15) is 0 Å². The van der Waals surface area contributed by atoms with Gasteiger partial charge in [-0.2, -0.15) is 0 Å². The van der Waals surface area contributed by atoms with Crippen LogP contribution in [-0.2, 0) is 0 Å². The predicted molar refractivity (Wildman–Crippen MR) is 141 cm³/mol. The van der Waals surface area contributed by atoms with E-state index < -0.39 is 0 Å². The molecule has 32 heavy (non-hydrogen) atoms. The second-order valence-corrected chi connectivity index (χ2v) is 8.47. The molecule has 1 aromatic carbocycles. The zero-order valence-corrected chi connectivity index (χ0v) is 20.9. The highest BCUT2D eigenvalue weighted by Gasteiger charge is 2.21. The van der Waals surface area contributed by atoms with Crippen LogP contribution in [0, 0.1) is 6.92 Å². The molecule has 0 bridgehead atoms. The Morgan fingerprint density at radius 3 is 2.47 bits per heavy atom. The van der Waals surface area contributed by atoms with Gasteiger partial charge in [-0.1, -0.05) is 57.3 Å². The Labute approximate surface area is 196 Å². The lowest BCUT2D eigenvalue weighted by molar-refractivity contribution is 0.265. The van der Waals surface area contributed by atoms with Crippen LogP contribution in [0.2, 0.25) is 0 Å². The standard InChI is InChI=1S/C27H35N3.C2H6/c1-19-10-7-8-11-25(19)16-20(2)22(4)23(5)30-15-13-26(17-21(30)3)24(6)29-14-9-12-27(28)18-29;1-2/h7-8,10-11,13,15-17,27H,3,6,9,12,14,18,28H2,1-2,4-5H3;1-2H3/b20-16+,23-22+;. The summed E-state index contributed by atoms with van der Waals surface area (Å²) in [5.74, 6) is 0. The predicted octanol–water partition coefficient (Wildman–Crippen LogP) is 6.92. The average molecular weight is 432 g/mol. The minimum atomic E-state index is 0.235. The fourth-order valence-electron chi connectivity index (χ4n) is 4.05. The SMILES string of the molecule is C=C(C1=CC(=C)N(/C(C)=C(C)/C(C)=C/c2ccccc2C)C=C1)N1CCCC(N)C1.CC. The summed E-state index contributed by atoms with van der Waals surface area (Å²) in [7, 11) is 0. The third-order valence-corrected chi connectivity index (χ3v) is 6.26. The molecule has 1 atom stereocenters. The van der Waals surface area contributed by atoms with Gasteiger partial charge in [0.25, 0.3) is 0 Å². The van der Waals surface area contributed by atoms with Gasteiger partial charge in [0.2, 0.25) is 0 Å². The first-order chi connectivity index (χ1) is 15.3. The van der Waals surface area contributed by atoms with Crippen molar-refractivity contribution in [2.24, 2.45) is 5.73 Å². The summed E-state index contributed by atoms with van der Waals surface area (Å²) in [6.45, 7) is 23.2. The first-order valence-corrected chi connectivity index (χ1v) is 11.8. The highest BCUT2D eigenvalue weighted by atomic mass is 15.2. The van der Waals surface area contributed by atoms with Crippen LogP contribution < -0.4 is 5.73 Å². The van der Waals surface area contributed by atoms with Crippen molar-refractivity contribution in [2.45, 2.75) is 60.4 Å². The third kappa shape index (κ3) is 6.14. The maximum Gasteiger partial charge on any atom is 0.0387 e. The second-order valence-electron chi connectivity index (χ2n) is 8.47. The first kappa shape index (κ1) is 25.5. The molecule has 3 nitrogen and oxygen atoms in total. The smallest absolute Gasteiger partial charge is 0.0387 e. The van der Waals surface area contributed by atoms with Crippen LogP contribution >= 0.6 is 0 Å². The molecule has 0 spiro atoms. The Hall–Kier alpha value is -2.78. The molecule has 1 aromatic rings. The fraction of sp³-hybridized carbons (Fsp3) is 0.379. The van der Waals surface area contributed by atoms with Crippen LogP contribution in [0.15, 0.2) is 89.6 Å². The van der Waals surface area contributed by atoms with E-state index in [2.05, 4.69) is 99.3 Å². The molecular formula is C29H41N3. The first-order valence-electron chi connectivity index (χ1n) is 11.8. The lowest BCUT2D eigenvalue weighted by atomic mass is 10.00. The number of aryl methyl sites for hydroxylation is 1. The van der Waals surface area contributed by atoms with Crippen molar-refractivity contribution in [3.8, 4) is 0 Å². The maximum atomic E-state index is 6.15. The number of allylic oxidation sites excluding steroid dienone is 5. The van der Waals surface area contributed by atoms with Crippen molar-refractivity contribution in [2.75, 3.05) is 13.1 Å². The van der Waals surface area contributed by atoms with Crippen LogP contribution in [0.3, 0.4) is 0 Å². The van der Waals surface area contributed by atoms with Gasteiger partial charge in [-0.05, 0) is 75.0 Å². The maximum absolute atomic E-state index is 6.15. The molecule has 2 N–H and O–H groups in total. The van der Waals surface area contributed by atoms with E-state index in [9.17, 15) is 0 Å². The largest absolute Gasteiger partial charge is 0.370 e. The van der Waals surface area contributed by atoms with E-state index in [1.54, 1.807) is 0 Å². The number of benzene rings is 1. The molecule has 0 aromatic heterocycles. The van der Waals surface area contributed by atoms with Gasteiger partial charge in [0.05, 0.1) is 0 Å². The molecule has 0 saturated carbocycles. The van der Waals surface area contributed by atoms with Crippen LogP contribution in [-0.4, -0.2) is 28.9 Å². The van der Waals surface area contributed by atoms with Crippen molar-refractivity contribution < 1.29 is 0 Å². The summed E-state index contributed by atoms with van der Waals surface area (Å²) in [5.41, 5.74) is 15.5. The molecule has 1 saturated heterocycles. The van der Waals surface area contributed by atoms with E-state index >= 15 is 0 Å². The Bertz CT molecular complexity index is 958. The van der Waals surface area contributed by atoms with Crippen molar-refractivity contribution in [1.29, 1.82) is 0 Å². The molecule has 0 amide bonds. The highest BCUT2D eigenvalue weighted by molar-refractivity contribution is 5.61. The summed E-state index contributed by atoms with van der Waals surface area (Å²) in [6.07, 6.45) is 10.8. The van der Waals surface area contributed by atoms with Crippen molar-refractivity contribution in [1.82, 2.24) is 9.80 Å². The Balaban J connectivity index is 0.00000176. The normalized spacial score (nSPS) is 19.7. The van der Waals surface area contributed by atoms with Crippen molar-refractivity contribution in [3.05, 3.63) is 101 Å². The quantitative estimate of drug-likeness (QED) is 0.513. The van der Waals surface area contributed by atoms with Gasteiger partial charge in [-0.15, -0.1) is 0 Å². The molecule has 3 rings (SSSR count). The molecule has 0 aliphatic carbocycles. The van der Waals surface area contributed by atoms with Gasteiger partial charge < -0.3 is 15.5 Å². The van der Waals surface area contributed by atoms with Gasteiger partial charge >= 0.3 is 0 Å². The summed E-state index contributed by atoms with van der Waals surface area (Å²) in [5, 5.41) is 0. The zero-order valence-electron chi connectivity index (χ0n) is 20.9. The molecular weight excluding hydrogens is 390 g/mol. The van der Waals surface area contributed by atoms with Crippen LogP contribution in [0.1, 0.15) is 58.6 Å². The Morgan fingerprint density at radius 1 is 1.16 bits per heavy atom. The van der Waals surface area contributed by atoms with Gasteiger partial charge in [-0.25, -0.2) is 0 Å². The molecule has 1 fully saturated rings. The van der Waals surface area contributed by atoms with Gasteiger partial charge in [0.15, 0.2) is 0 Å². The molecule has 1 unspecified atom stereocenters. The average Bonchev–Trinajstić information content (AvgIpc) is 2.80. The van der Waals surface area contributed by atoms with Crippen molar-refractivity contribution in [3.63, 3.8) is 0 Å². The van der Waals surface area contributed by atoms with Crippen LogP contribution in [0.5, 0.6) is 0 Å². The van der Waals surface area contributed by atoms with E-state index in [0.29, 0.717) is 0 Å². The summed E-state index contributed by atoms with van der Waals surface area (Å²) < 4.78 is 0. The number of hydrogen-bond acceptors (Lipinski definition) is 3. The lowest BCUT2D eigenvalue weighted by Crippen LogP contribution is -2.42. The Kier molecular flexibility index (Phi) is 9.34. The number of rotatable bonds is 5. The monoisotopic (exact) mass is 431 g/mol. The number of nitrogens with two attached hydrogens (primary N) is 1. The minimum Gasteiger partial charge on any atom is -0.370 e. The molecule has 2 heterocycles. The van der Waals surface area contributed by atoms with Gasteiger partial charge in [-0.3, -0.25) is 0 Å². The second kappa shape index (κ2) is 11.7. The highest BCUT2D eigenvalue weighted by Crippen LogP contribution is 2.29. The fourth-order valence-corrected chi connectivity index (χ4v) is 4.05. The summed E-state index contributed by atoms with van der Waals surface area (Å²) in [6, 6.07) is 8.71. The van der Waals surface area contributed by atoms with Gasteiger partial charge in [0, 0.05) is 48.0 Å². The summed E-state index contributed by atoms with van der Waals surface area (Å²) in [4.78, 5) is 4.46. The zero-order chi connectivity index (χ0) is 23.8. The number of likely N-dealkylation sites (tertiary alicyclic amines) is 1. The lowest BCUT2D eigenvalue weighted by Gasteiger charge is -2.35.